The van der Waals surface area contributed by atoms with Gasteiger partial charge in [-0.25, -0.2) is 0 Å². The number of hydrogen-bond donors (Lipinski definition) is 1. The van der Waals surface area contributed by atoms with Crippen LogP contribution in [0.25, 0.3) is 0 Å². The Bertz CT molecular complexity index is 618. The molecule has 0 aliphatic rings. The molecule has 0 rings (SSSR count). The summed E-state index contributed by atoms with van der Waals surface area (Å²) < 4.78 is 193. The van der Waals surface area contributed by atoms with Gasteiger partial charge in [0.2, 0.25) is 0 Å². The molecular formula is C8H6F13NaO3S. The molecule has 1 atom stereocenters. The average Bonchev–Trinajstić information content (AvgIpc) is 2.34. The molecule has 154 valence electrons. The monoisotopic (exact) mass is 452 g/mol. The Morgan fingerprint density at radius 2 is 0.962 bits per heavy atom. The minimum atomic E-state index is -8.12. The van der Waals surface area contributed by atoms with E-state index in [4.69, 9.17) is 4.55 Å². The summed E-state index contributed by atoms with van der Waals surface area (Å²) in [6.45, 7) is -0.598. The fourth-order valence-corrected chi connectivity index (χ4v) is 1.75. The van der Waals surface area contributed by atoms with Gasteiger partial charge in [-0.15, -0.1) is 0 Å². The maximum absolute atomic E-state index is 13.2. The predicted octanol–water partition coefficient (Wildman–Crippen LogP) is 1.12. The van der Waals surface area contributed by atoms with Crippen LogP contribution in [-0.4, -0.2) is 54.0 Å². The Morgan fingerprint density at radius 1 is 0.692 bits per heavy atom. The molecule has 0 aromatic carbocycles. The zero-order valence-corrected chi connectivity index (χ0v) is 15.0. The number of alkyl halides is 13. The summed E-state index contributed by atoms with van der Waals surface area (Å²) in [5, 5.41) is -4.27. The molecule has 0 bridgehead atoms. The van der Waals surface area contributed by atoms with Gasteiger partial charge in [0.25, 0.3) is 10.1 Å². The van der Waals surface area contributed by atoms with Crippen molar-refractivity contribution in [1.82, 2.24) is 0 Å². The van der Waals surface area contributed by atoms with Crippen LogP contribution in [0.4, 0.5) is 57.1 Å². The second kappa shape index (κ2) is 7.11. The van der Waals surface area contributed by atoms with Gasteiger partial charge in [0, 0.05) is 0 Å². The van der Waals surface area contributed by atoms with Gasteiger partial charge >= 0.3 is 65.3 Å². The molecule has 1 unspecified atom stereocenters. The molecule has 0 heterocycles. The first kappa shape index (κ1) is 28.2. The Balaban J connectivity index is -0.00000288. The summed E-state index contributed by atoms with van der Waals surface area (Å²) in [4.78, 5) is 0. The second-order valence-electron chi connectivity index (χ2n) is 4.58. The molecule has 3 nitrogen and oxygen atoms in total. The molecule has 18 heteroatoms. The van der Waals surface area contributed by atoms with E-state index >= 15 is 0 Å². The largest absolute Gasteiger partial charge is 1.00 e. The fraction of sp³-hybridized carbons (Fsp3) is 1.00. The Morgan fingerprint density at radius 3 is 1.19 bits per heavy atom. The third-order valence-corrected chi connectivity index (χ3v) is 4.10. The van der Waals surface area contributed by atoms with Crippen LogP contribution in [0.2, 0.25) is 0 Å². The van der Waals surface area contributed by atoms with E-state index in [1.807, 2.05) is 0 Å². The Kier molecular flexibility index (Phi) is 7.72. The van der Waals surface area contributed by atoms with Gasteiger partial charge < -0.3 is 1.43 Å². The molecule has 0 aromatic heterocycles. The first-order valence-corrected chi connectivity index (χ1v) is 6.83. The van der Waals surface area contributed by atoms with E-state index in [1.54, 1.807) is 0 Å². The summed E-state index contributed by atoms with van der Waals surface area (Å²) in [5.41, 5.74) is 0. The quantitative estimate of drug-likeness (QED) is 0.374. The average molecular weight is 452 g/mol. The minimum Gasteiger partial charge on any atom is -1.00 e. The van der Waals surface area contributed by atoms with Crippen molar-refractivity contribution >= 4 is 10.1 Å². The molecule has 0 saturated heterocycles. The van der Waals surface area contributed by atoms with Gasteiger partial charge in [-0.05, 0) is 6.92 Å². The summed E-state index contributed by atoms with van der Waals surface area (Å²) >= 11 is 0. The second-order valence-corrected chi connectivity index (χ2v) is 6.31. The third-order valence-electron chi connectivity index (χ3n) is 2.92. The molecule has 0 aromatic rings. The van der Waals surface area contributed by atoms with Crippen molar-refractivity contribution in [2.24, 2.45) is 0 Å². The van der Waals surface area contributed by atoms with Crippen LogP contribution < -0.4 is 29.6 Å². The van der Waals surface area contributed by atoms with Gasteiger partial charge in [0.15, 0.2) is 5.25 Å². The van der Waals surface area contributed by atoms with Gasteiger partial charge in [0.1, 0.15) is 0 Å². The van der Waals surface area contributed by atoms with Crippen LogP contribution in [0.5, 0.6) is 0 Å². The van der Waals surface area contributed by atoms with Gasteiger partial charge in [-0.3, -0.25) is 4.55 Å². The van der Waals surface area contributed by atoms with Crippen LogP contribution in [0.3, 0.4) is 0 Å². The Hall–Kier alpha value is -0.000000000000000444. The summed E-state index contributed by atoms with van der Waals surface area (Å²) in [7, 11) is -6.33. The Labute approximate surface area is 159 Å². The van der Waals surface area contributed by atoms with Crippen LogP contribution in [-0.2, 0) is 10.1 Å². The zero-order chi connectivity index (χ0) is 21.1. The smallest absolute Gasteiger partial charge is 1.00 e. The summed E-state index contributed by atoms with van der Waals surface area (Å²) in [6, 6.07) is 0. The van der Waals surface area contributed by atoms with Crippen molar-refractivity contribution in [3.63, 3.8) is 0 Å². The van der Waals surface area contributed by atoms with Crippen LogP contribution in [0, 0.1) is 0 Å². The molecule has 0 aliphatic carbocycles. The van der Waals surface area contributed by atoms with Crippen molar-refractivity contribution < 1.29 is 101 Å². The maximum atomic E-state index is 13.2. The maximum Gasteiger partial charge on any atom is 1.00 e. The van der Waals surface area contributed by atoms with Gasteiger partial charge in [-0.1, -0.05) is 0 Å². The summed E-state index contributed by atoms with van der Waals surface area (Å²) in [6.07, 6.45) is -7.56. The number of hydrogen-bond acceptors (Lipinski definition) is 2. The normalized spacial score (nSPS) is 16.9. The van der Waals surface area contributed by atoms with Crippen LogP contribution in [0.15, 0.2) is 0 Å². The minimum absolute atomic E-state index is 0. The third kappa shape index (κ3) is 3.91. The SMILES string of the molecule is CC(C(F)(F)C(F)(F)C(F)(F)C(F)(F)C(F)(F)C(F)(F)F)S(=O)(=O)O.[H-].[Na+]. The van der Waals surface area contributed by atoms with Crippen molar-refractivity contribution in [1.29, 1.82) is 0 Å². The molecule has 26 heavy (non-hydrogen) atoms. The van der Waals surface area contributed by atoms with Crippen molar-refractivity contribution in [3.8, 4) is 0 Å². The van der Waals surface area contributed by atoms with E-state index in [1.165, 1.54) is 0 Å². The zero-order valence-electron chi connectivity index (χ0n) is 13.2. The van der Waals surface area contributed by atoms with E-state index in [9.17, 15) is 65.5 Å². The molecule has 0 fully saturated rings. The fourth-order valence-electron chi connectivity index (χ4n) is 1.22. The van der Waals surface area contributed by atoms with Crippen molar-refractivity contribution in [2.75, 3.05) is 0 Å². The van der Waals surface area contributed by atoms with E-state index in [-0.39, 0.29) is 31.0 Å². The standard InChI is InChI=1S/C8H5F13O3S.Na.H/c1-2(25(22,23)24)3(9,10)4(11,12)5(13,14)6(15,16)7(17,18)8(19,20)21;;/h2H,1H3,(H,22,23,24);;/q;+1;-1. The molecule has 0 spiro atoms. The molecule has 1 N–H and O–H groups in total. The first-order valence-electron chi connectivity index (χ1n) is 5.32. The molecule has 0 aliphatic heterocycles. The van der Waals surface area contributed by atoms with E-state index in [2.05, 4.69) is 0 Å². The molecular weight excluding hydrogens is 446 g/mol. The van der Waals surface area contributed by atoms with Crippen molar-refractivity contribution in [3.05, 3.63) is 0 Å². The number of halogens is 13. The first-order chi connectivity index (χ1) is 10.4. The van der Waals surface area contributed by atoms with Crippen LogP contribution >= 0.6 is 0 Å². The van der Waals surface area contributed by atoms with Gasteiger partial charge in [0.05, 0.1) is 0 Å². The van der Waals surface area contributed by atoms with E-state index < -0.39 is 58.1 Å². The topological polar surface area (TPSA) is 54.4 Å². The van der Waals surface area contributed by atoms with Crippen molar-refractivity contribution in [2.45, 2.75) is 48.0 Å². The van der Waals surface area contributed by atoms with Gasteiger partial charge in [-0.2, -0.15) is 65.5 Å². The summed E-state index contributed by atoms with van der Waals surface area (Å²) in [5.74, 6) is -38.8. The molecule has 0 radical (unpaired) electrons. The van der Waals surface area contributed by atoms with E-state index in [0.29, 0.717) is 0 Å². The predicted molar refractivity (Wildman–Crippen MR) is 52.9 cm³/mol. The molecule has 0 amide bonds. The molecule has 0 saturated carbocycles. The van der Waals surface area contributed by atoms with E-state index in [0.717, 1.165) is 0 Å². The number of rotatable bonds is 6. The van der Waals surface area contributed by atoms with Crippen LogP contribution in [0.1, 0.15) is 8.35 Å².